The van der Waals surface area contributed by atoms with Crippen LogP contribution in [0.4, 0.5) is 4.39 Å². The second-order valence-corrected chi connectivity index (χ2v) is 6.49. The van der Waals surface area contributed by atoms with Crippen molar-refractivity contribution in [1.82, 2.24) is 9.88 Å². The van der Waals surface area contributed by atoms with Gasteiger partial charge in [0.2, 0.25) is 0 Å². The van der Waals surface area contributed by atoms with Crippen LogP contribution in [-0.2, 0) is 6.54 Å². The zero-order valence-electron chi connectivity index (χ0n) is 13.0. The Kier molecular flexibility index (Phi) is 3.98. The number of halogens is 1. The summed E-state index contributed by atoms with van der Waals surface area (Å²) in [5, 5.41) is 0. The van der Waals surface area contributed by atoms with Gasteiger partial charge in [0, 0.05) is 18.5 Å². The molecular weight excluding hydrogens is 267 g/mol. The van der Waals surface area contributed by atoms with Gasteiger partial charge < -0.3 is 4.42 Å². The molecule has 1 aliphatic carbocycles. The molecule has 3 nitrogen and oxygen atoms in total. The molecule has 1 saturated carbocycles. The van der Waals surface area contributed by atoms with Crippen LogP contribution in [0.3, 0.4) is 0 Å². The first-order valence-electron chi connectivity index (χ1n) is 7.83. The van der Waals surface area contributed by atoms with Crippen molar-refractivity contribution in [3.05, 3.63) is 29.4 Å². The first-order chi connectivity index (χ1) is 10.0. The topological polar surface area (TPSA) is 29.3 Å². The summed E-state index contributed by atoms with van der Waals surface area (Å²) in [7, 11) is 2.13. The molecule has 0 saturated heterocycles. The lowest BCUT2D eigenvalue weighted by atomic mass is 10.1. The molecule has 21 heavy (non-hydrogen) atoms. The molecular formula is C17H23FN2O. The first kappa shape index (κ1) is 14.5. The van der Waals surface area contributed by atoms with E-state index in [0.717, 1.165) is 12.1 Å². The third-order valence-corrected chi connectivity index (χ3v) is 4.39. The molecule has 0 aliphatic heterocycles. The largest absolute Gasteiger partial charge is 0.437 e. The highest BCUT2D eigenvalue weighted by molar-refractivity contribution is 5.74. The van der Waals surface area contributed by atoms with Gasteiger partial charge in [0.15, 0.2) is 17.3 Å². The number of rotatable bonds is 4. The van der Waals surface area contributed by atoms with Crippen molar-refractivity contribution in [3.63, 3.8) is 0 Å². The number of aromatic nitrogens is 1. The van der Waals surface area contributed by atoms with Gasteiger partial charge in [0.05, 0.1) is 0 Å². The summed E-state index contributed by atoms with van der Waals surface area (Å²) in [5.41, 5.74) is 1.89. The molecule has 1 aliphatic rings. The quantitative estimate of drug-likeness (QED) is 0.832. The summed E-state index contributed by atoms with van der Waals surface area (Å²) in [6, 6.07) is 4.18. The smallest absolute Gasteiger partial charge is 0.198 e. The third-order valence-electron chi connectivity index (χ3n) is 4.39. The van der Waals surface area contributed by atoms with Crippen LogP contribution in [0.5, 0.6) is 0 Å². The lowest BCUT2D eigenvalue weighted by Crippen LogP contribution is -2.28. The monoisotopic (exact) mass is 290 g/mol. The summed E-state index contributed by atoms with van der Waals surface area (Å²) in [6.45, 7) is 4.76. The SMILES string of the molecule is CC(C)c1nc2cc(CN(C)C3CCCC3)cc(F)c2o1. The third kappa shape index (κ3) is 2.95. The molecule has 1 aromatic heterocycles. The van der Waals surface area contributed by atoms with Gasteiger partial charge in [-0.25, -0.2) is 9.37 Å². The fourth-order valence-corrected chi connectivity index (χ4v) is 3.16. The van der Waals surface area contributed by atoms with Gasteiger partial charge in [0.1, 0.15) is 5.52 Å². The van der Waals surface area contributed by atoms with Crippen molar-refractivity contribution in [2.75, 3.05) is 7.05 Å². The van der Waals surface area contributed by atoms with Crippen LogP contribution in [-0.4, -0.2) is 23.0 Å². The normalized spacial score (nSPS) is 16.7. The van der Waals surface area contributed by atoms with E-state index in [2.05, 4.69) is 16.9 Å². The summed E-state index contributed by atoms with van der Waals surface area (Å²) >= 11 is 0. The van der Waals surface area contributed by atoms with Crippen molar-refractivity contribution < 1.29 is 8.81 Å². The Hall–Kier alpha value is -1.42. The Labute approximate surface area is 125 Å². The van der Waals surface area contributed by atoms with Crippen LogP contribution in [0, 0.1) is 5.82 Å². The molecule has 1 fully saturated rings. The minimum atomic E-state index is -0.304. The van der Waals surface area contributed by atoms with Crippen molar-refractivity contribution in [1.29, 1.82) is 0 Å². The van der Waals surface area contributed by atoms with Gasteiger partial charge in [-0.3, -0.25) is 4.90 Å². The maximum Gasteiger partial charge on any atom is 0.198 e. The second-order valence-electron chi connectivity index (χ2n) is 6.49. The van der Waals surface area contributed by atoms with E-state index in [-0.39, 0.29) is 17.3 Å². The Morgan fingerprint density at radius 2 is 2.05 bits per heavy atom. The highest BCUT2D eigenvalue weighted by Gasteiger charge is 2.20. The molecule has 1 heterocycles. The predicted octanol–water partition coefficient (Wildman–Crippen LogP) is 4.46. The van der Waals surface area contributed by atoms with Gasteiger partial charge in [0.25, 0.3) is 0 Å². The Balaban J connectivity index is 1.85. The van der Waals surface area contributed by atoms with Gasteiger partial charge in [-0.05, 0) is 37.6 Å². The fourth-order valence-electron chi connectivity index (χ4n) is 3.16. The standard InChI is InChI=1S/C17H23FN2O/c1-11(2)17-19-15-9-12(8-14(18)16(15)21-17)10-20(3)13-6-4-5-7-13/h8-9,11,13H,4-7,10H2,1-3H3. The molecule has 114 valence electrons. The van der Waals surface area contributed by atoms with Crippen molar-refractivity contribution in [3.8, 4) is 0 Å². The van der Waals surface area contributed by atoms with Crippen LogP contribution >= 0.6 is 0 Å². The number of nitrogens with zero attached hydrogens (tertiary/aromatic N) is 2. The summed E-state index contributed by atoms with van der Waals surface area (Å²) < 4.78 is 19.7. The Morgan fingerprint density at radius 3 is 2.71 bits per heavy atom. The minimum absolute atomic E-state index is 0.168. The number of fused-ring (bicyclic) bond motifs is 1. The van der Waals surface area contributed by atoms with Crippen LogP contribution in [0.2, 0.25) is 0 Å². The van der Waals surface area contributed by atoms with Crippen LogP contribution in [0.15, 0.2) is 16.5 Å². The van der Waals surface area contributed by atoms with Crippen LogP contribution in [0.1, 0.15) is 56.9 Å². The molecule has 0 bridgehead atoms. The zero-order chi connectivity index (χ0) is 15.0. The van der Waals surface area contributed by atoms with E-state index < -0.39 is 0 Å². The summed E-state index contributed by atoms with van der Waals surface area (Å²) in [6.07, 6.45) is 5.12. The Bertz CT molecular complexity index is 629. The Morgan fingerprint density at radius 1 is 1.33 bits per heavy atom. The van der Waals surface area contributed by atoms with Crippen molar-refractivity contribution in [2.24, 2.45) is 0 Å². The summed E-state index contributed by atoms with van der Waals surface area (Å²) in [4.78, 5) is 6.74. The maximum atomic E-state index is 14.2. The molecule has 2 aromatic rings. The van der Waals surface area contributed by atoms with Crippen molar-refractivity contribution in [2.45, 2.75) is 58.0 Å². The molecule has 0 N–H and O–H groups in total. The van der Waals surface area contributed by atoms with Gasteiger partial charge in [-0.1, -0.05) is 26.7 Å². The van der Waals surface area contributed by atoms with E-state index in [0.29, 0.717) is 17.4 Å². The molecule has 3 rings (SSSR count). The van der Waals surface area contributed by atoms with E-state index in [1.54, 1.807) is 6.07 Å². The lowest BCUT2D eigenvalue weighted by molar-refractivity contribution is 0.237. The highest BCUT2D eigenvalue weighted by atomic mass is 19.1. The maximum absolute atomic E-state index is 14.2. The highest BCUT2D eigenvalue weighted by Crippen LogP contribution is 2.27. The van der Waals surface area contributed by atoms with Crippen molar-refractivity contribution >= 4 is 11.1 Å². The summed E-state index contributed by atoms with van der Waals surface area (Å²) in [5.74, 6) is 0.466. The van der Waals surface area contributed by atoms with Gasteiger partial charge in [-0.15, -0.1) is 0 Å². The number of oxazole rings is 1. The average molecular weight is 290 g/mol. The van der Waals surface area contributed by atoms with Crippen LogP contribution in [0.25, 0.3) is 11.1 Å². The number of benzene rings is 1. The minimum Gasteiger partial charge on any atom is -0.437 e. The first-order valence-corrected chi connectivity index (χ1v) is 7.83. The molecule has 0 amide bonds. The van der Waals surface area contributed by atoms with E-state index >= 15 is 0 Å². The zero-order valence-corrected chi connectivity index (χ0v) is 13.0. The fraction of sp³-hybridized carbons (Fsp3) is 0.588. The second kappa shape index (κ2) is 5.76. The van der Waals surface area contributed by atoms with E-state index in [9.17, 15) is 4.39 Å². The number of hydrogen-bond donors (Lipinski definition) is 0. The molecule has 1 aromatic carbocycles. The van der Waals surface area contributed by atoms with Crippen LogP contribution < -0.4 is 0 Å². The molecule has 0 radical (unpaired) electrons. The van der Waals surface area contributed by atoms with E-state index in [4.69, 9.17) is 4.42 Å². The molecule has 0 spiro atoms. The molecule has 0 unspecified atom stereocenters. The van der Waals surface area contributed by atoms with E-state index in [1.807, 2.05) is 19.9 Å². The van der Waals surface area contributed by atoms with Gasteiger partial charge in [-0.2, -0.15) is 0 Å². The van der Waals surface area contributed by atoms with E-state index in [1.165, 1.54) is 25.7 Å². The van der Waals surface area contributed by atoms with Gasteiger partial charge >= 0.3 is 0 Å². The number of hydrogen-bond acceptors (Lipinski definition) is 3. The lowest BCUT2D eigenvalue weighted by Gasteiger charge is -2.23. The average Bonchev–Trinajstić information content (AvgIpc) is 3.07. The molecule has 0 atom stereocenters. The molecule has 4 heteroatoms. The predicted molar refractivity (Wildman–Crippen MR) is 81.8 cm³/mol.